The predicted molar refractivity (Wildman–Crippen MR) is 79.3 cm³/mol. The van der Waals surface area contributed by atoms with E-state index in [9.17, 15) is 9.59 Å². The van der Waals surface area contributed by atoms with Crippen LogP contribution >= 0.6 is 23.5 Å². The quantitative estimate of drug-likeness (QED) is 0.555. The molecule has 110 valence electrons. The second-order valence-corrected chi connectivity index (χ2v) is 8.20. The van der Waals surface area contributed by atoms with Crippen molar-refractivity contribution in [2.75, 3.05) is 25.7 Å². The Morgan fingerprint density at radius 2 is 1.63 bits per heavy atom. The summed E-state index contributed by atoms with van der Waals surface area (Å²) in [4.78, 5) is 24.1. The topological polar surface area (TPSA) is 52.6 Å². The third-order valence-electron chi connectivity index (χ3n) is 3.66. The van der Waals surface area contributed by atoms with E-state index in [-0.39, 0.29) is 4.08 Å². The van der Waals surface area contributed by atoms with Gasteiger partial charge in [-0.3, -0.25) is 9.59 Å². The zero-order valence-electron chi connectivity index (χ0n) is 12.0. The van der Waals surface area contributed by atoms with Crippen molar-refractivity contribution >= 4 is 35.5 Å². The van der Waals surface area contributed by atoms with Gasteiger partial charge in [0.2, 0.25) is 0 Å². The van der Waals surface area contributed by atoms with Crippen molar-refractivity contribution in [3.8, 4) is 0 Å². The molecule has 0 aromatic heterocycles. The molecule has 1 heterocycles. The van der Waals surface area contributed by atoms with Crippen molar-refractivity contribution in [2.24, 2.45) is 5.41 Å². The normalized spacial score (nSPS) is 18.1. The maximum absolute atomic E-state index is 12.0. The first-order chi connectivity index (χ1) is 8.94. The molecule has 0 aromatic rings. The summed E-state index contributed by atoms with van der Waals surface area (Å²) in [7, 11) is 2.63. The molecule has 6 heteroatoms. The van der Waals surface area contributed by atoms with Crippen LogP contribution < -0.4 is 0 Å². The monoisotopic (exact) mass is 306 g/mol. The zero-order valence-corrected chi connectivity index (χ0v) is 13.6. The maximum Gasteiger partial charge on any atom is 0.323 e. The van der Waals surface area contributed by atoms with Crippen molar-refractivity contribution in [1.82, 2.24) is 0 Å². The number of methoxy groups -OCH3 is 2. The highest BCUT2D eigenvalue weighted by Crippen LogP contribution is 2.49. The predicted octanol–water partition coefficient (Wildman–Crippen LogP) is 2.71. The summed E-state index contributed by atoms with van der Waals surface area (Å²) >= 11 is 3.79. The molecule has 0 amide bonds. The second-order valence-electron chi connectivity index (χ2n) is 4.75. The van der Waals surface area contributed by atoms with Crippen molar-refractivity contribution in [3.05, 3.63) is 0 Å². The van der Waals surface area contributed by atoms with Crippen LogP contribution in [0, 0.1) is 5.41 Å². The Kier molecular flexibility index (Phi) is 6.05. The highest BCUT2D eigenvalue weighted by Gasteiger charge is 2.48. The number of thioether (sulfide) groups is 2. The van der Waals surface area contributed by atoms with Crippen molar-refractivity contribution in [2.45, 2.75) is 37.2 Å². The number of esters is 2. The fourth-order valence-electron chi connectivity index (χ4n) is 2.29. The summed E-state index contributed by atoms with van der Waals surface area (Å²) in [6, 6.07) is 0. The van der Waals surface area contributed by atoms with Gasteiger partial charge >= 0.3 is 11.9 Å². The number of carbonyl (C=O) groups excluding carboxylic acids is 2. The molecule has 0 unspecified atom stereocenters. The SMILES string of the molecule is CCC(CCC1(C)SCCS1)(C(=O)OC)C(=O)OC. The molecule has 1 rings (SSSR count). The Balaban J connectivity index is 2.84. The Morgan fingerprint density at radius 3 is 2.00 bits per heavy atom. The summed E-state index contributed by atoms with van der Waals surface area (Å²) in [6.45, 7) is 4.00. The number of hydrogen-bond donors (Lipinski definition) is 0. The van der Waals surface area contributed by atoms with Gasteiger partial charge in [-0.2, -0.15) is 0 Å². The summed E-state index contributed by atoms with van der Waals surface area (Å²) < 4.78 is 9.73. The molecule has 0 radical (unpaired) electrons. The van der Waals surface area contributed by atoms with Gasteiger partial charge in [0.25, 0.3) is 0 Å². The average Bonchev–Trinajstić information content (AvgIpc) is 2.86. The van der Waals surface area contributed by atoms with Crippen LogP contribution in [-0.4, -0.2) is 41.7 Å². The van der Waals surface area contributed by atoms with E-state index in [2.05, 4.69) is 6.92 Å². The van der Waals surface area contributed by atoms with Gasteiger partial charge in [-0.1, -0.05) is 6.92 Å². The zero-order chi connectivity index (χ0) is 14.5. The standard InChI is InChI=1S/C13H22O4S2/c1-5-13(10(14)16-3,11(15)17-4)7-6-12(2)18-8-9-19-12/h5-9H2,1-4H3. The van der Waals surface area contributed by atoms with Gasteiger partial charge in [0, 0.05) is 11.5 Å². The summed E-state index contributed by atoms with van der Waals surface area (Å²) in [5.74, 6) is 1.27. The van der Waals surface area contributed by atoms with Crippen molar-refractivity contribution < 1.29 is 19.1 Å². The lowest BCUT2D eigenvalue weighted by atomic mass is 9.80. The molecule has 19 heavy (non-hydrogen) atoms. The minimum atomic E-state index is -1.16. The van der Waals surface area contributed by atoms with Crippen LogP contribution in [0.2, 0.25) is 0 Å². The first-order valence-corrected chi connectivity index (χ1v) is 8.36. The number of ether oxygens (including phenoxy) is 2. The summed E-state index contributed by atoms with van der Waals surface area (Å²) in [5, 5.41) is 0. The van der Waals surface area contributed by atoms with Gasteiger partial charge in [-0.05, 0) is 26.2 Å². The lowest BCUT2D eigenvalue weighted by Crippen LogP contribution is -2.41. The number of rotatable bonds is 6. The molecule has 1 aliphatic heterocycles. The highest BCUT2D eigenvalue weighted by molar-refractivity contribution is 8.21. The molecule has 1 saturated heterocycles. The molecule has 0 aromatic carbocycles. The minimum Gasteiger partial charge on any atom is -0.468 e. The molecule has 1 fully saturated rings. The first-order valence-electron chi connectivity index (χ1n) is 6.39. The summed E-state index contributed by atoms with van der Waals surface area (Å²) in [6.07, 6.45) is 1.66. The molecule has 0 saturated carbocycles. The average molecular weight is 306 g/mol. The number of hydrogen-bond acceptors (Lipinski definition) is 6. The van der Waals surface area contributed by atoms with E-state index in [1.165, 1.54) is 14.2 Å². The van der Waals surface area contributed by atoms with E-state index in [0.717, 1.165) is 17.9 Å². The molecule has 0 bridgehead atoms. The smallest absolute Gasteiger partial charge is 0.323 e. The first kappa shape index (κ1) is 16.7. The summed E-state index contributed by atoms with van der Waals surface area (Å²) in [5.41, 5.74) is -1.16. The Bertz CT molecular complexity index is 322. The molecule has 4 nitrogen and oxygen atoms in total. The van der Waals surface area contributed by atoms with Crippen LogP contribution in [0.1, 0.15) is 33.1 Å². The van der Waals surface area contributed by atoms with Crippen molar-refractivity contribution in [1.29, 1.82) is 0 Å². The van der Waals surface area contributed by atoms with E-state index in [0.29, 0.717) is 12.8 Å². The molecular weight excluding hydrogens is 284 g/mol. The fraction of sp³-hybridized carbons (Fsp3) is 0.846. The second kappa shape index (κ2) is 6.88. The van der Waals surface area contributed by atoms with Gasteiger partial charge in [-0.15, -0.1) is 23.5 Å². The maximum atomic E-state index is 12.0. The lowest BCUT2D eigenvalue weighted by molar-refractivity contribution is -0.170. The molecule has 0 spiro atoms. The van der Waals surface area contributed by atoms with Crippen LogP contribution in [0.4, 0.5) is 0 Å². The van der Waals surface area contributed by atoms with Gasteiger partial charge in [0.15, 0.2) is 5.41 Å². The van der Waals surface area contributed by atoms with Gasteiger partial charge in [0.05, 0.1) is 18.3 Å². The van der Waals surface area contributed by atoms with Crippen LogP contribution in [-0.2, 0) is 19.1 Å². The largest absolute Gasteiger partial charge is 0.468 e. The van der Waals surface area contributed by atoms with E-state index in [4.69, 9.17) is 9.47 Å². The molecule has 0 N–H and O–H groups in total. The minimum absolute atomic E-state index is 0.0858. The Morgan fingerprint density at radius 1 is 1.16 bits per heavy atom. The van der Waals surface area contributed by atoms with Crippen molar-refractivity contribution in [3.63, 3.8) is 0 Å². The molecule has 0 atom stereocenters. The van der Waals surface area contributed by atoms with Crippen LogP contribution in [0.15, 0.2) is 0 Å². The van der Waals surface area contributed by atoms with E-state index in [1.54, 1.807) is 0 Å². The Labute approximate surface area is 123 Å². The van der Waals surface area contributed by atoms with Crippen LogP contribution in [0.3, 0.4) is 0 Å². The van der Waals surface area contributed by atoms with E-state index < -0.39 is 17.4 Å². The van der Waals surface area contributed by atoms with Crippen LogP contribution in [0.5, 0.6) is 0 Å². The van der Waals surface area contributed by atoms with E-state index >= 15 is 0 Å². The fourth-order valence-corrected chi connectivity index (χ4v) is 5.14. The lowest BCUT2D eigenvalue weighted by Gasteiger charge is -2.30. The van der Waals surface area contributed by atoms with Crippen LogP contribution in [0.25, 0.3) is 0 Å². The van der Waals surface area contributed by atoms with Gasteiger partial charge in [0.1, 0.15) is 0 Å². The highest BCUT2D eigenvalue weighted by atomic mass is 32.2. The molecule has 0 aliphatic carbocycles. The molecular formula is C13H22O4S2. The van der Waals surface area contributed by atoms with Gasteiger partial charge in [-0.25, -0.2) is 0 Å². The third-order valence-corrected chi connectivity index (χ3v) is 7.07. The van der Waals surface area contributed by atoms with E-state index in [1.807, 2.05) is 30.4 Å². The third kappa shape index (κ3) is 3.60. The van der Waals surface area contributed by atoms with Gasteiger partial charge < -0.3 is 9.47 Å². The molecule has 1 aliphatic rings. The Hall–Kier alpha value is -0.360. The number of carbonyl (C=O) groups is 2.